The molecule has 110 valence electrons. The smallest absolute Gasteiger partial charge is 0.191 e. The molecule has 6 nitrogen and oxygen atoms in total. The Morgan fingerprint density at radius 1 is 1.35 bits per heavy atom. The maximum atomic E-state index is 5.41. The Kier molecular flexibility index (Phi) is 4.44. The lowest BCUT2D eigenvalue weighted by atomic mass is 10.0. The average molecular weight is 276 g/mol. The molecule has 1 fully saturated rings. The number of aryl methyl sites for hydroxylation is 1. The first-order valence-electron chi connectivity index (χ1n) is 6.96. The molecule has 1 aliphatic rings. The van der Waals surface area contributed by atoms with Crippen LogP contribution in [0.2, 0.25) is 0 Å². The van der Waals surface area contributed by atoms with E-state index >= 15 is 0 Å². The van der Waals surface area contributed by atoms with E-state index in [1.807, 2.05) is 19.1 Å². The number of pyridine rings is 1. The number of hydrogen-bond acceptors (Lipinski definition) is 4. The highest BCUT2D eigenvalue weighted by Crippen LogP contribution is 2.24. The monoisotopic (exact) mass is 276 g/mol. The van der Waals surface area contributed by atoms with Gasteiger partial charge in [-0.15, -0.1) is 0 Å². The number of rotatable bonds is 3. The zero-order chi connectivity index (χ0) is 14.7. The van der Waals surface area contributed by atoms with Crippen molar-refractivity contribution < 1.29 is 0 Å². The first kappa shape index (κ1) is 14.6. The van der Waals surface area contributed by atoms with Gasteiger partial charge in [0.2, 0.25) is 0 Å². The molecule has 20 heavy (non-hydrogen) atoms. The van der Waals surface area contributed by atoms with E-state index < -0.39 is 0 Å². The first-order valence-corrected chi connectivity index (χ1v) is 6.96. The summed E-state index contributed by atoms with van der Waals surface area (Å²) < 4.78 is 0. The second-order valence-corrected chi connectivity index (χ2v) is 5.46. The Morgan fingerprint density at radius 2 is 2.00 bits per heavy atom. The largest absolute Gasteiger partial charge is 0.370 e. The van der Waals surface area contributed by atoms with E-state index in [0.717, 1.165) is 30.3 Å². The molecule has 1 aromatic heterocycles. The molecule has 0 unspecified atom stereocenters. The van der Waals surface area contributed by atoms with Gasteiger partial charge >= 0.3 is 0 Å². The Balaban J connectivity index is 2.13. The van der Waals surface area contributed by atoms with Crippen molar-refractivity contribution in [3.63, 3.8) is 0 Å². The average Bonchev–Trinajstić information content (AvgIpc) is 2.41. The molecule has 6 heteroatoms. The predicted molar refractivity (Wildman–Crippen MR) is 83.4 cm³/mol. The van der Waals surface area contributed by atoms with Gasteiger partial charge in [0.05, 0.1) is 11.4 Å². The minimum absolute atomic E-state index is 0.0614. The van der Waals surface area contributed by atoms with Gasteiger partial charge in [-0.3, -0.25) is 0 Å². The number of hydrogen-bond donors (Lipinski definition) is 2. The lowest BCUT2D eigenvalue weighted by molar-refractivity contribution is 0.252. The van der Waals surface area contributed by atoms with Crippen LogP contribution in [-0.4, -0.2) is 49.1 Å². The van der Waals surface area contributed by atoms with E-state index in [9.17, 15) is 0 Å². The van der Waals surface area contributed by atoms with Crippen LogP contribution < -0.4 is 16.4 Å². The minimum atomic E-state index is 0.0614. The lowest BCUT2D eigenvalue weighted by Crippen LogP contribution is -2.42. The summed E-state index contributed by atoms with van der Waals surface area (Å²) in [4.78, 5) is 13.3. The Bertz CT molecular complexity index is 486. The first-order chi connectivity index (χ1) is 9.47. The van der Waals surface area contributed by atoms with Crippen LogP contribution in [0, 0.1) is 6.92 Å². The van der Waals surface area contributed by atoms with Crippen molar-refractivity contribution in [1.82, 2.24) is 9.88 Å². The summed E-state index contributed by atoms with van der Waals surface area (Å²) >= 11 is 0. The van der Waals surface area contributed by atoms with Gasteiger partial charge in [0, 0.05) is 13.1 Å². The summed E-state index contributed by atoms with van der Waals surface area (Å²) in [6, 6.07) is 4.45. The molecule has 4 N–H and O–H groups in total. The fraction of sp³-hybridized carbons (Fsp3) is 0.571. The van der Waals surface area contributed by atoms with E-state index in [2.05, 4.69) is 33.9 Å². The minimum Gasteiger partial charge on any atom is -0.370 e. The second-order valence-electron chi connectivity index (χ2n) is 5.46. The number of piperidine rings is 1. The number of nitrogens with two attached hydrogens (primary N) is 2. The van der Waals surface area contributed by atoms with Crippen molar-refractivity contribution in [2.75, 3.05) is 32.1 Å². The van der Waals surface area contributed by atoms with Crippen LogP contribution in [0.3, 0.4) is 0 Å². The predicted octanol–water partition coefficient (Wildman–Crippen LogP) is 0.825. The van der Waals surface area contributed by atoms with E-state index in [-0.39, 0.29) is 5.96 Å². The van der Waals surface area contributed by atoms with Crippen molar-refractivity contribution in [3.8, 4) is 0 Å². The maximum absolute atomic E-state index is 5.41. The lowest BCUT2D eigenvalue weighted by Gasteiger charge is -2.35. The summed E-state index contributed by atoms with van der Waals surface area (Å²) in [5, 5.41) is 0. The van der Waals surface area contributed by atoms with Gasteiger partial charge in [0.25, 0.3) is 0 Å². The molecule has 0 amide bonds. The highest BCUT2D eigenvalue weighted by atomic mass is 15.2. The van der Waals surface area contributed by atoms with Gasteiger partial charge in [-0.25, -0.2) is 9.98 Å². The van der Waals surface area contributed by atoms with Crippen molar-refractivity contribution in [2.45, 2.75) is 25.8 Å². The Labute approximate surface area is 120 Å². The van der Waals surface area contributed by atoms with Crippen LogP contribution in [0.5, 0.6) is 0 Å². The van der Waals surface area contributed by atoms with Gasteiger partial charge in [-0.05, 0) is 52.0 Å². The van der Waals surface area contributed by atoms with Crippen LogP contribution in [0.4, 0.5) is 11.5 Å². The number of aliphatic imine (C=N–C) groups is 1. The molecule has 0 saturated carbocycles. The van der Waals surface area contributed by atoms with Gasteiger partial charge in [0.15, 0.2) is 5.96 Å². The van der Waals surface area contributed by atoms with Crippen LogP contribution in [0.25, 0.3) is 0 Å². The topological polar surface area (TPSA) is 83.8 Å². The molecule has 0 radical (unpaired) electrons. The van der Waals surface area contributed by atoms with Crippen molar-refractivity contribution >= 4 is 17.5 Å². The van der Waals surface area contributed by atoms with E-state index in [4.69, 9.17) is 11.5 Å². The van der Waals surface area contributed by atoms with Gasteiger partial charge in [-0.2, -0.15) is 0 Å². The van der Waals surface area contributed by atoms with E-state index in [1.54, 1.807) is 0 Å². The molecule has 1 aliphatic heterocycles. The van der Waals surface area contributed by atoms with Crippen molar-refractivity contribution in [3.05, 3.63) is 17.8 Å². The summed E-state index contributed by atoms with van der Waals surface area (Å²) in [6.45, 7) is 4.20. The third-order valence-electron chi connectivity index (χ3n) is 3.89. The standard InChI is InChI=1S/C14H24N6/c1-10-12(18-14(15)16)4-5-13(17-10)20(3)11-6-8-19(2)9-7-11/h4-5,11H,6-9H2,1-3H3,(H4,15,16,18). The summed E-state index contributed by atoms with van der Waals surface area (Å²) in [5.41, 5.74) is 12.4. The zero-order valence-electron chi connectivity index (χ0n) is 12.5. The fourth-order valence-electron chi connectivity index (χ4n) is 2.56. The Morgan fingerprint density at radius 3 is 2.55 bits per heavy atom. The van der Waals surface area contributed by atoms with Crippen molar-refractivity contribution in [1.29, 1.82) is 0 Å². The fourth-order valence-corrected chi connectivity index (χ4v) is 2.56. The molecule has 0 spiro atoms. The van der Waals surface area contributed by atoms with Crippen LogP contribution in [0.1, 0.15) is 18.5 Å². The van der Waals surface area contributed by atoms with Crippen LogP contribution in [-0.2, 0) is 0 Å². The normalized spacial score (nSPS) is 16.9. The van der Waals surface area contributed by atoms with Crippen LogP contribution >= 0.6 is 0 Å². The molecule has 0 bridgehead atoms. The van der Waals surface area contributed by atoms with Gasteiger partial charge < -0.3 is 21.3 Å². The maximum Gasteiger partial charge on any atom is 0.191 e. The van der Waals surface area contributed by atoms with Crippen molar-refractivity contribution in [2.24, 2.45) is 16.5 Å². The molecule has 1 aromatic rings. The molecular formula is C14H24N6. The quantitative estimate of drug-likeness (QED) is 0.631. The summed E-state index contributed by atoms with van der Waals surface area (Å²) in [7, 11) is 4.28. The molecule has 2 heterocycles. The third kappa shape index (κ3) is 3.39. The highest BCUT2D eigenvalue weighted by molar-refractivity contribution is 5.79. The van der Waals surface area contributed by atoms with Crippen LogP contribution in [0.15, 0.2) is 17.1 Å². The summed E-state index contributed by atoms with van der Waals surface area (Å²) in [6.07, 6.45) is 2.34. The molecule has 0 aromatic carbocycles. The number of nitrogens with zero attached hydrogens (tertiary/aromatic N) is 4. The Hall–Kier alpha value is -1.82. The molecule has 0 aliphatic carbocycles. The van der Waals surface area contributed by atoms with Gasteiger partial charge in [0.1, 0.15) is 5.82 Å². The molecule has 2 rings (SSSR count). The second kappa shape index (κ2) is 6.09. The van der Waals surface area contributed by atoms with E-state index in [0.29, 0.717) is 6.04 Å². The zero-order valence-corrected chi connectivity index (χ0v) is 12.5. The van der Waals surface area contributed by atoms with Gasteiger partial charge in [-0.1, -0.05) is 0 Å². The highest BCUT2D eigenvalue weighted by Gasteiger charge is 2.21. The number of guanidine groups is 1. The molecular weight excluding hydrogens is 252 g/mol. The number of aromatic nitrogens is 1. The SMILES string of the molecule is Cc1nc(N(C)C2CCN(C)CC2)ccc1N=C(N)N. The molecule has 0 atom stereocenters. The third-order valence-corrected chi connectivity index (χ3v) is 3.89. The number of likely N-dealkylation sites (tertiary alicyclic amines) is 1. The van der Waals surface area contributed by atoms with E-state index in [1.165, 1.54) is 12.8 Å². The summed E-state index contributed by atoms with van der Waals surface area (Å²) in [5.74, 6) is 1.04. The molecule has 1 saturated heterocycles. The number of anilines is 1.